The summed E-state index contributed by atoms with van der Waals surface area (Å²) in [5.74, 6) is 3.66. The molecule has 2 aliphatic rings. The van der Waals surface area contributed by atoms with Crippen molar-refractivity contribution in [3.05, 3.63) is 218 Å². The van der Waals surface area contributed by atoms with Gasteiger partial charge in [-0.3, -0.25) is 0 Å². The maximum Gasteiger partial charge on any atom is 0.260 e. The van der Waals surface area contributed by atoms with Crippen molar-refractivity contribution < 1.29 is 9.47 Å². The van der Waals surface area contributed by atoms with Gasteiger partial charge < -0.3 is 14.4 Å². The van der Waals surface area contributed by atoms with Gasteiger partial charge in [0, 0.05) is 28.6 Å². The summed E-state index contributed by atoms with van der Waals surface area (Å²) in [5, 5.41) is 4.96. The van der Waals surface area contributed by atoms with Gasteiger partial charge in [-0.05, 0) is 132 Å². The van der Waals surface area contributed by atoms with Gasteiger partial charge in [-0.25, -0.2) is 0 Å². The molecule has 10 aromatic carbocycles. The van der Waals surface area contributed by atoms with Crippen molar-refractivity contribution in [2.24, 2.45) is 0 Å². The number of hydrogen-bond donors (Lipinski definition) is 0. The molecule has 0 amide bonds. The molecule has 0 aromatic heterocycles. The van der Waals surface area contributed by atoms with Gasteiger partial charge in [-0.15, -0.1) is 0 Å². The second-order valence-corrected chi connectivity index (χ2v) is 17.0. The molecule has 0 fully saturated rings. The molecule has 0 saturated carbocycles. The highest BCUT2D eigenvalue weighted by molar-refractivity contribution is 6.98. The first-order chi connectivity index (χ1) is 31.1. The fraction of sp³-hybridized carbons (Fsp3) is 0.0508. The average Bonchev–Trinajstić information content (AvgIpc) is 3.33. The van der Waals surface area contributed by atoms with E-state index in [0.29, 0.717) is 5.92 Å². The third kappa shape index (κ3) is 6.21. The minimum Gasteiger partial charge on any atom is -0.458 e. The summed E-state index contributed by atoms with van der Waals surface area (Å²) in [6.45, 7) is 4.52. The Bertz CT molecular complexity index is 3290. The molecule has 0 atom stereocenters. The fourth-order valence-corrected chi connectivity index (χ4v) is 9.99. The largest absolute Gasteiger partial charge is 0.458 e. The van der Waals surface area contributed by atoms with Crippen LogP contribution in [0.5, 0.6) is 23.0 Å². The smallest absolute Gasteiger partial charge is 0.260 e. The highest BCUT2D eigenvalue weighted by atomic mass is 16.5. The molecule has 4 heteroatoms. The van der Waals surface area contributed by atoms with E-state index in [4.69, 9.17) is 9.47 Å². The lowest BCUT2D eigenvalue weighted by atomic mass is 9.35. The Morgan fingerprint density at radius 2 is 0.841 bits per heavy atom. The monoisotopic (exact) mass is 807 g/mol. The molecule has 3 nitrogen and oxygen atoms in total. The van der Waals surface area contributed by atoms with Crippen molar-refractivity contribution in [2.45, 2.75) is 19.8 Å². The molecule has 0 unspecified atom stereocenters. The lowest BCUT2D eigenvalue weighted by Crippen LogP contribution is -2.57. The SMILES string of the molecule is CC(C)c1cc(-c2cc3c4c(c2)Oc2cc(N(c5ccccc5)c5ccccc5)ccc2B4c2ccccc2O3)cc(-c2c3ccccc3c(-c3ccccc3)c3ccccc23)c1. The van der Waals surface area contributed by atoms with Crippen molar-refractivity contribution in [1.29, 1.82) is 0 Å². The van der Waals surface area contributed by atoms with Crippen molar-refractivity contribution >= 4 is 61.7 Å². The van der Waals surface area contributed by atoms with Crippen LogP contribution in [0.2, 0.25) is 0 Å². The Hall–Kier alpha value is -7.82. The topological polar surface area (TPSA) is 21.7 Å². The first-order valence-corrected chi connectivity index (χ1v) is 21.9. The van der Waals surface area contributed by atoms with E-state index in [1.165, 1.54) is 49.4 Å². The van der Waals surface area contributed by atoms with Crippen molar-refractivity contribution in [3.63, 3.8) is 0 Å². The first kappa shape index (κ1) is 37.0. The minimum absolute atomic E-state index is 0.0490. The third-order valence-corrected chi connectivity index (χ3v) is 12.9. The summed E-state index contributed by atoms with van der Waals surface area (Å²) >= 11 is 0. The van der Waals surface area contributed by atoms with E-state index in [-0.39, 0.29) is 6.71 Å². The number of hydrogen-bond acceptors (Lipinski definition) is 3. The summed E-state index contributed by atoms with van der Waals surface area (Å²) in [6.07, 6.45) is 0. The van der Waals surface area contributed by atoms with E-state index in [0.717, 1.165) is 67.6 Å². The molecule has 63 heavy (non-hydrogen) atoms. The van der Waals surface area contributed by atoms with Crippen LogP contribution in [0.3, 0.4) is 0 Å². The number of para-hydroxylation sites is 3. The predicted octanol–water partition coefficient (Wildman–Crippen LogP) is 14.3. The summed E-state index contributed by atoms with van der Waals surface area (Å²) in [4.78, 5) is 2.29. The average molecular weight is 808 g/mol. The van der Waals surface area contributed by atoms with Gasteiger partial charge in [-0.1, -0.05) is 166 Å². The van der Waals surface area contributed by atoms with Gasteiger partial charge >= 0.3 is 0 Å². The minimum atomic E-state index is -0.0490. The van der Waals surface area contributed by atoms with Crippen LogP contribution in [-0.2, 0) is 0 Å². The number of anilines is 3. The fourth-order valence-electron chi connectivity index (χ4n) is 9.99. The maximum atomic E-state index is 7.12. The highest BCUT2D eigenvalue weighted by Gasteiger charge is 2.40. The Labute approximate surface area is 368 Å². The molecule has 2 heterocycles. The number of fused-ring (bicyclic) bond motifs is 6. The second-order valence-electron chi connectivity index (χ2n) is 17.0. The van der Waals surface area contributed by atoms with Crippen LogP contribution in [0, 0.1) is 0 Å². The molecule has 0 N–H and O–H groups in total. The lowest BCUT2D eigenvalue weighted by molar-refractivity contribution is 0.465. The summed E-state index contributed by atoms with van der Waals surface area (Å²) in [6, 6.07) is 76.4. The molecule has 0 saturated heterocycles. The number of nitrogens with zero attached hydrogens (tertiary/aromatic N) is 1. The van der Waals surface area contributed by atoms with Gasteiger partial charge in [0.25, 0.3) is 6.71 Å². The number of rotatable bonds is 7. The van der Waals surface area contributed by atoms with Gasteiger partial charge in [0.2, 0.25) is 0 Å². The van der Waals surface area contributed by atoms with Gasteiger partial charge in [0.05, 0.1) is 0 Å². The summed E-state index contributed by atoms with van der Waals surface area (Å²) in [7, 11) is 0. The summed E-state index contributed by atoms with van der Waals surface area (Å²) in [5.41, 5.74) is 14.9. The molecule has 0 aliphatic carbocycles. The Kier molecular flexibility index (Phi) is 8.79. The standard InChI is InChI=1S/C59H42BNO2/c1-38(2)40-32-41(34-43(33-40)58-49-26-14-12-24-47(49)57(39-18-6-3-7-19-39)48-25-13-15-27-50(48)58)42-35-55-59-56(36-42)63-54-37-46(30-31-52(54)60(59)51-28-16-17-29-53(51)62-55)61(44-20-8-4-9-21-44)45-22-10-5-11-23-45/h3-38H,1-2H3. The second kappa shape index (κ2) is 15.0. The van der Waals surface area contributed by atoms with Crippen LogP contribution in [-0.4, -0.2) is 6.71 Å². The molecule has 0 radical (unpaired) electrons. The Morgan fingerprint density at radius 3 is 1.44 bits per heavy atom. The molecular weight excluding hydrogens is 765 g/mol. The molecule has 10 aromatic rings. The van der Waals surface area contributed by atoms with Gasteiger partial charge in [0.15, 0.2) is 0 Å². The maximum absolute atomic E-state index is 7.12. The molecule has 298 valence electrons. The first-order valence-electron chi connectivity index (χ1n) is 21.9. The van der Waals surface area contributed by atoms with E-state index in [2.05, 4.69) is 231 Å². The highest BCUT2D eigenvalue weighted by Crippen LogP contribution is 2.46. The number of benzene rings is 10. The van der Waals surface area contributed by atoms with Crippen molar-refractivity contribution in [3.8, 4) is 56.4 Å². The molecule has 0 bridgehead atoms. The third-order valence-electron chi connectivity index (χ3n) is 12.9. The summed E-state index contributed by atoms with van der Waals surface area (Å²) < 4.78 is 14.0. The van der Waals surface area contributed by atoms with Crippen LogP contribution in [0.25, 0.3) is 54.9 Å². The van der Waals surface area contributed by atoms with E-state index >= 15 is 0 Å². The van der Waals surface area contributed by atoms with Crippen LogP contribution >= 0.6 is 0 Å². The molecule has 12 rings (SSSR count). The van der Waals surface area contributed by atoms with E-state index < -0.39 is 0 Å². The van der Waals surface area contributed by atoms with Gasteiger partial charge in [-0.2, -0.15) is 0 Å². The Balaban J connectivity index is 1.05. The zero-order valence-corrected chi connectivity index (χ0v) is 35.1. The van der Waals surface area contributed by atoms with Gasteiger partial charge in [0.1, 0.15) is 23.0 Å². The number of ether oxygens (including phenoxy) is 2. The Morgan fingerprint density at radius 1 is 0.365 bits per heavy atom. The molecule has 0 spiro atoms. The van der Waals surface area contributed by atoms with E-state index in [9.17, 15) is 0 Å². The van der Waals surface area contributed by atoms with Crippen molar-refractivity contribution in [1.82, 2.24) is 0 Å². The van der Waals surface area contributed by atoms with E-state index in [1.54, 1.807) is 0 Å². The predicted molar refractivity (Wildman–Crippen MR) is 264 cm³/mol. The van der Waals surface area contributed by atoms with Crippen LogP contribution in [0.15, 0.2) is 212 Å². The van der Waals surface area contributed by atoms with E-state index in [1.807, 2.05) is 0 Å². The normalized spacial score (nSPS) is 12.3. The quantitative estimate of drug-likeness (QED) is 0.118. The molecular formula is C59H42BNO2. The molecule has 2 aliphatic heterocycles. The van der Waals surface area contributed by atoms with Crippen molar-refractivity contribution in [2.75, 3.05) is 4.90 Å². The zero-order valence-electron chi connectivity index (χ0n) is 35.1. The lowest BCUT2D eigenvalue weighted by Gasteiger charge is -2.34. The van der Waals surface area contributed by atoms with Crippen LogP contribution < -0.4 is 30.8 Å². The zero-order chi connectivity index (χ0) is 42.0. The van der Waals surface area contributed by atoms with Crippen LogP contribution in [0.1, 0.15) is 25.3 Å². The van der Waals surface area contributed by atoms with Crippen LogP contribution in [0.4, 0.5) is 17.1 Å².